The summed E-state index contributed by atoms with van der Waals surface area (Å²) < 4.78 is 23.7. The van der Waals surface area contributed by atoms with Crippen LogP contribution in [0.25, 0.3) is 0 Å². The molecule has 3 rings (SSSR count). The molecule has 0 radical (unpaired) electrons. The molecule has 1 aliphatic heterocycles. The van der Waals surface area contributed by atoms with Crippen molar-refractivity contribution in [2.24, 2.45) is 10.2 Å². The summed E-state index contributed by atoms with van der Waals surface area (Å²) in [5.74, 6) is -0.240. The van der Waals surface area contributed by atoms with Crippen molar-refractivity contribution < 1.29 is 13.2 Å². The number of hydrazone groups is 1. The molecule has 0 aromatic heterocycles. The summed E-state index contributed by atoms with van der Waals surface area (Å²) >= 11 is 8.65. The number of hydrogen-bond acceptors (Lipinski definition) is 5. The van der Waals surface area contributed by atoms with Gasteiger partial charge < -0.3 is 10.2 Å². The van der Waals surface area contributed by atoms with E-state index in [-0.39, 0.29) is 21.6 Å². The molecule has 0 saturated heterocycles. The van der Waals surface area contributed by atoms with Crippen molar-refractivity contribution in [3.63, 3.8) is 0 Å². The molecule has 0 spiro atoms. The van der Waals surface area contributed by atoms with E-state index in [1.807, 2.05) is 19.1 Å². The normalized spacial score (nSPS) is 14.9. The molecular weight excluding hydrogens is 466 g/mol. The Morgan fingerprint density at radius 1 is 1.29 bits per heavy atom. The summed E-state index contributed by atoms with van der Waals surface area (Å²) in [4.78, 5) is 14.2. The minimum atomic E-state index is -3.83. The summed E-state index contributed by atoms with van der Waals surface area (Å²) in [5.41, 5.74) is 4.73. The number of anilines is 2. The molecule has 8 nitrogen and oxygen atoms in total. The first-order valence-electron chi connectivity index (χ1n) is 8.10. The zero-order chi connectivity index (χ0) is 20.5. The number of rotatable bonds is 4. The number of sulfonamides is 1. The highest BCUT2D eigenvalue weighted by Gasteiger charge is 2.34. The van der Waals surface area contributed by atoms with E-state index in [2.05, 4.69) is 31.8 Å². The van der Waals surface area contributed by atoms with Gasteiger partial charge in [-0.2, -0.15) is 5.10 Å². The molecule has 1 amide bonds. The number of amides is 1. The second-order valence-corrected chi connectivity index (χ2v) is 8.61. The van der Waals surface area contributed by atoms with E-state index in [1.54, 1.807) is 17.0 Å². The van der Waals surface area contributed by atoms with Gasteiger partial charge in [0.15, 0.2) is 10.8 Å². The number of nitrogens with two attached hydrogens (primary N) is 1. The van der Waals surface area contributed by atoms with E-state index in [1.165, 1.54) is 18.2 Å². The monoisotopic (exact) mass is 481 g/mol. The summed E-state index contributed by atoms with van der Waals surface area (Å²) in [7, 11) is -3.83. The maximum Gasteiger partial charge on any atom is 0.279 e. The number of hydrogen-bond donors (Lipinski definition) is 3. The number of likely N-dealkylation sites (N-methyl/N-ethyl adjacent to an activating group) is 1. The maximum absolute atomic E-state index is 12.7. The lowest BCUT2D eigenvalue weighted by Crippen LogP contribution is -2.32. The number of carbonyl (C=O) groups is 1. The van der Waals surface area contributed by atoms with Gasteiger partial charge in [0, 0.05) is 22.3 Å². The summed E-state index contributed by atoms with van der Waals surface area (Å²) in [6, 6.07) is 11.4. The molecule has 4 N–H and O–H groups in total. The van der Waals surface area contributed by atoms with Gasteiger partial charge in [-0.05, 0) is 59.3 Å². The number of thiocarbonyl (C=S) groups is 1. The Balaban J connectivity index is 1.80. The lowest BCUT2D eigenvalue weighted by Gasteiger charge is -2.14. The average molecular weight is 482 g/mol. The summed E-state index contributed by atoms with van der Waals surface area (Å²) in [6.45, 7) is 2.37. The predicted octanol–water partition coefficient (Wildman–Crippen LogP) is 2.15. The van der Waals surface area contributed by atoms with Gasteiger partial charge in [0.25, 0.3) is 5.91 Å². The van der Waals surface area contributed by atoms with Crippen LogP contribution in [0.5, 0.6) is 0 Å². The van der Waals surface area contributed by atoms with Gasteiger partial charge in [0.1, 0.15) is 0 Å². The Labute approximate surface area is 176 Å². The smallest absolute Gasteiger partial charge is 0.279 e. The molecule has 2 aromatic rings. The van der Waals surface area contributed by atoms with E-state index in [0.717, 1.165) is 10.2 Å². The highest BCUT2D eigenvalue weighted by Crippen LogP contribution is 2.35. The Kier molecular flexibility index (Phi) is 5.79. The average Bonchev–Trinajstić information content (AvgIpc) is 2.91. The second-order valence-electron chi connectivity index (χ2n) is 5.78. The van der Waals surface area contributed by atoms with Gasteiger partial charge in [0.05, 0.1) is 10.6 Å². The Bertz CT molecular complexity index is 1100. The topological polar surface area (TPSA) is 117 Å². The zero-order valence-electron chi connectivity index (χ0n) is 14.6. The van der Waals surface area contributed by atoms with Crippen molar-refractivity contribution in [1.82, 2.24) is 5.43 Å². The first-order valence-corrected chi connectivity index (χ1v) is 10.9. The van der Waals surface area contributed by atoms with Gasteiger partial charge in [0.2, 0.25) is 10.0 Å². The standard InChI is InChI=1S/C17H16BrN5O3S2/c1-2-23-15-12(7-4-8-13(15)18)14(16(23)24)21-22-17(27)20-10-5-3-6-11(9-10)28(19,25)26/h3-9H,2H2,1H3,(H2,19,25,26)(H2,20,22,27). The van der Waals surface area contributed by atoms with E-state index in [0.29, 0.717) is 17.8 Å². The van der Waals surface area contributed by atoms with Crippen LogP contribution in [0.2, 0.25) is 0 Å². The van der Waals surface area contributed by atoms with Crippen molar-refractivity contribution in [1.29, 1.82) is 0 Å². The third kappa shape index (κ3) is 4.07. The van der Waals surface area contributed by atoms with Crippen molar-refractivity contribution in [2.75, 3.05) is 16.8 Å². The quantitative estimate of drug-likeness (QED) is 0.454. The third-order valence-corrected chi connectivity index (χ3v) is 5.71. The fraction of sp³-hybridized carbons (Fsp3) is 0.118. The number of halogens is 1. The van der Waals surface area contributed by atoms with Crippen LogP contribution in [0.4, 0.5) is 11.4 Å². The largest absolute Gasteiger partial charge is 0.331 e. The number of benzene rings is 2. The van der Waals surface area contributed by atoms with Crippen LogP contribution >= 0.6 is 28.1 Å². The Hall–Kier alpha value is -2.34. The van der Waals surface area contributed by atoms with Gasteiger partial charge in [-0.15, -0.1) is 0 Å². The highest BCUT2D eigenvalue weighted by molar-refractivity contribution is 9.10. The number of primary sulfonamides is 1. The number of fused-ring (bicyclic) bond motifs is 1. The minimum Gasteiger partial charge on any atom is -0.331 e. The molecule has 0 atom stereocenters. The number of carbonyl (C=O) groups excluding carboxylic acids is 1. The van der Waals surface area contributed by atoms with E-state index < -0.39 is 10.0 Å². The van der Waals surface area contributed by atoms with Gasteiger partial charge in [-0.1, -0.05) is 18.2 Å². The van der Waals surface area contributed by atoms with E-state index >= 15 is 0 Å². The minimum absolute atomic E-state index is 0.0463. The van der Waals surface area contributed by atoms with Gasteiger partial charge in [-0.25, -0.2) is 13.6 Å². The van der Waals surface area contributed by atoms with Gasteiger partial charge in [-0.3, -0.25) is 10.2 Å². The van der Waals surface area contributed by atoms with Crippen molar-refractivity contribution in [2.45, 2.75) is 11.8 Å². The molecule has 0 aliphatic carbocycles. The van der Waals surface area contributed by atoms with Crippen LogP contribution in [-0.2, 0) is 14.8 Å². The van der Waals surface area contributed by atoms with Crippen LogP contribution in [0, 0.1) is 0 Å². The second kappa shape index (κ2) is 7.95. The fourth-order valence-electron chi connectivity index (χ4n) is 2.75. The third-order valence-electron chi connectivity index (χ3n) is 3.97. The molecule has 2 aromatic carbocycles. The van der Waals surface area contributed by atoms with E-state index in [9.17, 15) is 13.2 Å². The zero-order valence-corrected chi connectivity index (χ0v) is 17.9. The van der Waals surface area contributed by atoms with Crippen LogP contribution in [0.15, 0.2) is 56.9 Å². The molecule has 146 valence electrons. The fourth-order valence-corrected chi connectivity index (χ4v) is 4.05. The Morgan fingerprint density at radius 2 is 2.00 bits per heavy atom. The molecular formula is C17H16BrN5O3S2. The molecule has 1 aliphatic rings. The van der Waals surface area contributed by atoms with Crippen molar-refractivity contribution >= 4 is 66.3 Å². The van der Waals surface area contributed by atoms with Crippen LogP contribution < -0.4 is 20.8 Å². The molecule has 1 heterocycles. The molecule has 28 heavy (non-hydrogen) atoms. The summed E-state index contributed by atoms with van der Waals surface area (Å²) in [6.07, 6.45) is 0. The van der Waals surface area contributed by atoms with Gasteiger partial charge >= 0.3 is 0 Å². The lowest BCUT2D eigenvalue weighted by molar-refractivity contribution is -0.112. The number of nitrogens with one attached hydrogen (secondary N) is 2. The summed E-state index contributed by atoms with van der Waals surface area (Å²) in [5, 5.41) is 12.2. The molecule has 0 unspecified atom stereocenters. The SMILES string of the molecule is CCN1C(=O)C(=NNC(=S)Nc2cccc(S(N)(=O)=O)c2)c2cccc(Br)c21. The number of para-hydroxylation sites is 1. The first-order chi connectivity index (χ1) is 13.2. The molecule has 0 bridgehead atoms. The van der Waals surface area contributed by atoms with Crippen molar-refractivity contribution in [3.8, 4) is 0 Å². The number of nitrogens with zero attached hydrogens (tertiary/aromatic N) is 2. The van der Waals surface area contributed by atoms with Crippen LogP contribution in [-0.4, -0.2) is 31.7 Å². The molecule has 0 fully saturated rings. The lowest BCUT2D eigenvalue weighted by atomic mass is 10.1. The molecule has 11 heteroatoms. The van der Waals surface area contributed by atoms with Crippen LogP contribution in [0.1, 0.15) is 12.5 Å². The molecule has 0 saturated carbocycles. The van der Waals surface area contributed by atoms with Crippen molar-refractivity contribution in [3.05, 3.63) is 52.5 Å². The van der Waals surface area contributed by atoms with E-state index in [4.69, 9.17) is 17.4 Å². The maximum atomic E-state index is 12.7. The van der Waals surface area contributed by atoms with Crippen LogP contribution in [0.3, 0.4) is 0 Å². The predicted molar refractivity (Wildman–Crippen MR) is 116 cm³/mol. The Morgan fingerprint density at radius 3 is 2.68 bits per heavy atom. The first kappa shape index (κ1) is 20.4. The highest BCUT2D eigenvalue weighted by atomic mass is 79.9.